The molecule has 6 heteroatoms. The zero-order valence-electron chi connectivity index (χ0n) is 12.6. The predicted octanol–water partition coefficient (Wildman–Crippen LogP) is 2.80. The third-order valence-electron chi connectivity index (χ3n) is 3.71. The van der Waals surface area contributed by atoms with Gasteiger partial charge in [0.2, 0.25) is 5.91 Å². The van der Waals surface area contributed by atoms with Crippen LogP contribution in [0, 0.1) is 0 Å². The Morgan fingerprint density at radius 2 is 2.09 bits per heavy atom. The van der Waals surface area contributed by atoms with Crippen molar-refractivity contribution in [3.05, 3.63) is 52.9 Å². The molecule has 1 saturated heterocycles. The van der Waals surface area contributed by atoms with Crippen molar-refractivity contribution >= 4 is 28.2 Å². The lowest BCUT2D eigenvalue weighted by Gasteiger charge is -2.11. The standard InChI is InChI=1S/C17H18N2O3S/c20-15(14-7-4-9-18-14)19-16-13(8-10-23-16)17(21)22-11-12-5-2-1-3-6-12/h1-3,5-6,8,10,14,18H,4,7,9,11H2,(H,19,20)/t14-/m0/s1. The predicted molar refractivity (Wildman–Crippen MR) is 89.5 cm³/mol. The molecular formula is C17H18N2O3S. The number of ether oxygens (including phenoxy) is 1. The van der Waals surface area contributed by atoms with Crippen LogP contribution < -0.4 is 10.6 Å². The molecule has 0 aliphatic carbocycles. The normalized spacial score (nSPS) is 17.0. The Bertz CT molecular complexity index is 678. The molecule has 0 saturated carbocycles. The molecular weight excluding hydrogens is 312 g/mol. The number of thiophene rings is 1. The number of esters is 1. The topological polar surface area (TPSA) is 67.4 Å². The molecule has 2 heterocycles. The number of rotatable bonds is 5. The maximum Gasteiger partial charge on any atom is 0.341 e. The van der Waals surface area contributed by atoms with Gasteiger partial charge in [0.05, 0.1) is 11.6 Å². The third kappa shape index (κ3) is 3.97. The molecule has 0 bridgehead atoms. The van der Waals surface area contributed by atoms with Crippen LogP contribution in [0.2, 0.25) is 0 Å². The lowest BCUT2D eigenvalue weighted by Crippen LogP contribution is -2.35. The highest BCUT2D eigenvalue weighted by Crippen LogP contribution is 2.25. The average Bonchev–Trinajstić information content (AvgIpc) is 3.25. The second-order valence-electron chi connectivity index (χ2n) is 5.36. The maximum absolute atomic E-state index is 12.2. The summed E-state index contributed by atoms with van der Waals surface area (Å²) in [5, 5.41) is 8.29. The van der Waals surface area contributed by atoms with Crippen LogP contribution in [-0.4, -0.2) is 24.5 Å². The molecule has 1 fully saturated rings. The Balaban J connectivity index is 1.60. The SMILES string of the molecule is O=C(OCc1ccccc1)c1ccsc1NC(=O)[C@@H]1CCCN1. The van der Waals surface area contributed by atoms with E-state index >= 15 is 0 Å². The van der Waals surface area contributed by atoms with Gasteiger partial charge >= 0.3 is 5.97 Å². The highest BCUT2D eigenvalue weighted by molar-refractivity contribution is 7.14. The van der Waals surface area contributed by atoms with Gasteiger partial charge in [-0.15, -0.1) is 11.3 Å². The summed E-state index contributed by atoms with van der Waals surface area (Å²) >= 11 is 1.33. The van der Waals surface area contributed by atoms with Gasteiger partial charge in [0, 0.05) is 0 Å². The second kappa shape index (κ2) is 7.39. The minimum absolute atomic E-state index is 0.0953. The van der Waals surface area contributed by atoms with Gasteiger partial charge in [-0.3, -0.25) is 4.79 Å². The van der Waals surface area contributed by atoms with E-state index in [1.807, 2.05) is 30.3 Å². The molecule has 23 heavy (non-hydrogen) atoms. The highest BCUT2D eigenvalue weighted by Gasteiger charge is 2.24. The fourth-order valence-electron chi connectivity index (χ4n) is 2.48. The van der Waals surface area contributed by atoms with Crippen molar-refractivity contribution in [2.75, 3.05) is 11.9 Å². The summed E-state index contributed by atoms with van der Waals surface area (Å²) in [6.07, 6.45) is 1.82. The van der Waals surface area contributed by atoms with E-state index in [-0.39, 0.29) is 18.6 Å². The van der Waals surface area contributed by atoms with Crippen molar-refractivity contribution in [3.63, 3.8) is 0 Å². The van der Waals surface area contributed by atoms with Gasteiger partial charge in [0.15, 0.2) is 0 Å². The lowest BCUT2D eigenvalue weighted by atomic mass is 10.2. The smallest absolute Gasteiger partial charge is 0.341 e. The van der Waals surface area contributed by atoms with E-state index in [4.69, 9.17) is 4.74 Å². The monoisotopic (exact) mass is 330 g/mol. The fraction of sp³-hybridized carbons (Fsp3) is 0.294. The van der Waals surface area contributed by atoms with Crippen LogP contribution in [0.1, 0.15) is 28.8 Å². The van der Waals surface area contributed by atoms with Crippen LogP contribution in [-0.2, 0) is 16.1 Å². The zero-order chi connectivity index (χ0) is 16.1. The average molecular weight is 330 g/mol. The van der Waals surface area contributed by atoms with Gasteiger partial charge in [0.25, 0.3) is 0 Å². The Morgan fingerprint density at radius 3 is 2.83 bits per heavy atom. The van der Waals surface area contributed by atoms with E-state index in [0.717, 1.165) is 24.9 Å². The quantitative estimate of drug-likeness (QED) is 0.827. The molecule has 3 rings (SSSR count). The molecule has 1 amide bonds. The molecule has 5 nitrogen and oxygen atoms in total. The van der Waals surface area contributed by atoms with Gasteiger partial charge in [-0.25, -0.2) is 4.79 Å². The van der Waals surface area contributed by atoms with E-state index in [2.05, 4.69) is 10.6 Å². The first kappa shape index (κ1) is 15.7. The van der Waals surface area contributed by atoms with Gasteiger partial charge in [-0.05, 0) is 36.4 Å². The number of carbonyl (C=O) groups excluding carboxylic acids is 2. The highest BCUT2D eigenvalue weighted by atomic mass is 32.1. The number of carbonyl (C=O) groups is 2. The van der Waals surface area contributed by atoms with Crippen molar-refractivity contribution in [2.24, 2.45) is 0 Å². The molecule has 0 radical (unpaired) electrons. The van der Waals surface area contributed by atoms with Crippen LogP contribution in [0.5, 0.6) is 0 Å². The molecule has 2 N–H and O–H groups in total. The Labute approximate surface area is 138 Å². The zero-order valence-corrected chi connectivity index (χ0v) is 13.4. The molecule has 1 aliphatic heterocycles. The summed E-state index contributed by atoms with van der Waals surface area (Å²) in [6.45, 7) is 1.07. The van der Waals surface area contributed by atoms with Crippen molar-refractivity contribution in [1.82, 2.24) is 5.32 Å². The molecule has 1 aromatic heterocycles. The molecule has 1 aliphatic rings. The summed E-state index contributed by atoms with van der Waals surface area (Å²) in [7, 11) is 0. The largest absolute Gasteiger partial charge is 0.457 e. The van der Waals surface area contributed by atoms with E-state index in [9.17, 15) is 9.59 Å². The van der Waals surface area contributed by atoms with Crippen LogP contribution >= 0.6 is 11.3 Å². The number of hydrogen-bond donors (Lipinski definition) is 2. The summed E-state index contributed by atoms with van der Waals surface area (Å²) in [5.74, 6) is -0.521. The van der Waals surface area contributed by atoms with Crippen LogP contribution in [0.15, 0.2) is 41.8 Å². The number of amides is 1. The van der Waals surface area contributed by atoms with Crippen molar-refractivity contribution in [2.45, 2.75) is 25.5 Å². The summed E-state index contributed by atoms with van der Waals surface area (Å²) in [4.78, 5) is 24.4. The van der Waals surface area contributed by atoms with Gasteiger partial charge < -0.3 is 15.4 Å². The number of nitrogens with one attached hydrogen (secondary N) is 2. The Morgan fingerprint density at radius 1 is 1.26 bits per heavy atom. The molecule has 2 aromatic rings. The minimum Gasteiger partial charge on any atom is -0.457 e. The van der Waals surface area contributed by atoms with E-state index in [0.29, 0.717) is 10.6 Å². The summed E-state index contributed by atoms with van der Waals surface area (Å²) in [5.41, 5.74) is 1.33. The Kier molecular flexibility index (Phi) is 5.05. The number of benzene rings is 1. The molecule has 0 unspecified atom stereocenters. The first-order valence-electron chi connectivity index (χ1n) is 7.57. The molecule has 1 aromatic carbocycles. The van der Waals surface area contributed by atoms with E-state index in [1.54, 1.807) is 11.4 Å². The number of hydrogen-bond acceptors (Lipinski definition) is 5. The molecule has 0 spiro atoms. The van der Waals surface area contributed by atoms with Crippen molar-refractivity contribution in [1.29, 1.82) is 0 Å². The third-order valence-corrected chi connectivity index (χ3v) is 4.54. The summed E-state index contributed by atoms with van der Waals surface area (Å²) < 4.78 is 5.32. The van der Waals surface area contributed by atoms with Gasteiger partial charge in [-0.1, -0.05) is 30.3 Å². The first-order chi connectivity index (χ1) is 11.2. The number of anilines is 1. The van der Waals surface area contributed by atoms with Gasteiger partial charge in [0.1, 0.15) is 11.6 Å². The lowest BCUT2D eigenvalue weighted by molar-refractivity contribution is -0.117. The molecule has 1 atom stereocenters. The van der Waals surface area contributed by atoms with E-state index in [1.165, 1.54) is 11.3 Å². The second-order valence-corrected chi connectivity index (χ2v) is 6.28. The fourth-order valence-corrected chi connectivity index (χ4v) is 3.25. The van der Waals surface area contributed by atoms with Crippen LogP contribution in [0.3, 0.4) is 0 Å². The Hall–Kier alpha value is -2.18. The van der Waals surface area contributed by atoms with Crippen molar-refractivity contribution in [3.8, 4) is 0 Å². The summed E-state index contributed by atoms with van der Waals surface area (Å²) in [6, 6.07) is 11.0. The minimum atomic E-state index is -0.426. The van der Waals surface area contributed by atoms with Crippen LogP contribution in [0.25, 0.3) is 0 Å². The van der Waals surface area contributed by atoms with Gasteiger partial charge in [-0.2, -0.15) is 0 Å². The molecule has 120 valence electrons. The maximum atomic E-state index is 12.2. The first-order valence-corrected chi connectivity index (χ1v) is 8.45. The van der Waals surface area contributed by atoms with Crippen LogP contribution in [0.4, 0.5) is 5.00 Å². The van der Waals surface area contributed by atoms with Crippen molar-refractivity contribution < 1.29 is 14.3 Å². The van der Waals surface area contributed by atoms with E-state index < -0.39 is 5.97 Å².